The van der Waals surface area contributed by atoms with E-state index in [9.17, 15) is 4.79 Å². The molecule has 0 saturated carbocycles. The quantitative estimate of drug-likeness (QED) is 0.770. The van der Waals surface area contributed by atoms with Gasteiger partial charge in [-0.2, -0.15) is 5.10 Å². The first-order valence-corrected chi connectivity index (χ1v) is 5.87. The predicted octanol–water partition coefficient (Wildman–Crippen LogP) is 1.86. The lowest BCUT2D eigenvalue weighted by Gasteiger charge is -2.11. The van der Waals surface area contributed by atoms with E-state index in [-0.39, 0.29) is 12.2 Å². The fourth-order valence-corrected chi connectivity index (χ4v) is 1.96. The molecule has 0 unspecified atom stereocenters. The maximum atomic E-state index is 12.4. The normalized spacial score (nSPS) is 10.3. The monoisotopic (exact) mass is 260 g/mol. The molecule has 1 aromatic heterocycles. The van der Waals surface area contributed by atoms with Crippen molar-refractivity contribution in [3.05, 3.63) is 41.7 Å². The molecule has 0 radical (unpaired) electrons. The van der Waals surface area contributed by atoms with Gasteiger partial charge < -0.3 is 9.47 Å². The van der Waals surface area contributed by atoms with Crippen LogP contribution in [0.1, 0.15) is 15.9 Å². The van der Waals surface area contributed by atoms with E-state index < -0.39 is 0 Å². The highest BCUT2D eigenvalue weighted by Gasteiger charge is 2.18. The lowest BCUT2D eigenvalue weighted by atomic mass is 10.0. The molecule has 0 fully saturated rings. The number of aromatic nitrogens is 2. The minimum Gasteiger partial charge on any atom is -0.496 e. The van der Waals surface area contributed by atoms with Gasteiger partial charge in [0.05, 0.1) is 20.4 Å². The zero-order valence-corrected chi connectivity index (χ0v) is 11.2. The third-order valence-corrected chi connectivity index (χ3v) is 2.83. The molecule has 5 nitrogen and oxygen atoms in total. The van der Waals surface area contributed by atoms with Gasteiger partial charge in [-0.1, -0.05) is 6.07 Å². The molecule has 0 aliphatic carbocycles. The van der Waals surface area contributed by atoms with Gasteiger partial charge in [-0.15, -0.1) is 0 Å². The van der Waals surface area contributed by atoms with Crippen molar-refractivity contribution in [2.45, 2.75) is 6.42 Å². The maximum absolute atomic E-state index is 12.4. The molecule has 19 heavy (non-hydrogen) atoms. The Hall–Kier alpha value is -2.30. The molecule has 0 spiro atoms. The topological polar surface area (TPSA) is 53.4 Å². The summed E-state index contributed by atoms with van der Waals surface area (Å²) in [5, 5.41) is 4.05. The molecule has 0 bridgehead atoms. The number of Topliss-reactive ketones (excluding diaryl/α,β-unsaturated/α-hetero) is 1. The van der Waals surface area contributed by atoms with E-state index in [4.69, 9.17) is 9.47 Å². The van der Waals surface area contributed by atoms with Crippen LogP contribution in [0.3, 0.4) is 0 Å². The average molecular weight is 260 g/mol. The number of ether oxygens (including phenoxy) is 2. The standard InChI is InChI=1S/C14H16N2O3/c1-16-9-10(8-15-16)7-11(17)14-12(18-2)5-4-6-13(14)19-3/h4-6,8-9H,7H2,1-3H3. The van der Waals surface area contributed by atoms with E-state index in [1.807, 2.05) is 13.2 Å². The van der Waals surface area contributed by atoms with E-state index in [1.54, 1.807) is 29.1 Å². The Morgan fingerprint density at radius 3 is 2.37 bits per heavy atom. The van der Waals surface area contributed by atoms with Crippen molar-refractivity contribution >= 4 is 5.78 Å². The van der Waals surface area contributed by atoms with Crippen molar-refractivity contribution in [2.75, 3.05) is 14.2 Å². The van der Waals surface area contributed by atoms with Crippen molar-refractivity contribution in [1.29, 1.82) is 0 Å². The molecule has 0 aliphatic rings. The lowest BCUT2D eigenvalue weighted by Crippen LogP contribution is -2.07. The van der Waals surface area contributed by atoms with Crippen LogP contribution in [0.5, 0.6) is 11.5 Å². The predicted molar refractivity (Wildman–Crippen MR) is 70.8 cm³/mol. The van der Waals surface area contributed by atoms with Crippen LogP contribution in [-0.2, 0) is 13.5 Å². The van der Waals surface area contributed by atoms with Gasteiger partial charge in [0.25, 0.3) is 0 Å². The largest absolute Gasteiger partial charge is 0.496 e. The summed E-state index contributed by atoms with van der Waals surface area (Å²) >= 11 is 0. The van der Waals surface area contributed by atoms with Gasteiger partial charge in [-0.05, 0) is 17.7 Å². The molecular weight excluding hydrogens is 244 g/mol. The fraction of sp³-hybridized carbons (Fsp3) is 0.286. The Morgan fingerprint density at radius 1 is 1.26 bits per heavy atom. The third-order valence-electron chi connectivity index (χ3n) is 2.83. The smallest absolute Gasteiger partial charge is 0.174 e. The minimum atomic E-state index is -0.0534. The summed E-state index contributed by atoms with van der Waals surface area (Å²) in [7, 11) is 4.89. The summed E-state index contributed by atoms with van der Waals surface area (Å²) < 4.78 is 12.1. The second-order valence-electron chi connectivity index (χ2n) is 4.16. The van der Waals surface area contributed by atoms with E-state index in [1.165, 1.54) is 14.2 Å². The molecule has 2 rings (SSSR count). The first-order valence-electron chi connectivity index (χ1n) is 5.87. The highest BCUT2D eigenvalue weighted by atomic mass is 16.5. The highest BCUT2D eigenvalue weighted by molar-refractivity contribution is 6.02. The minimum absolute atomic E-state index is 0.0534. The molecule has 100 valence electrons. The van der Waals surface area contributed by atoms with E-state index in [2.05, 4.69) is 5.10 Å². The highest BCUT2D eigenvalue weighted by Crippen LogP contribution is 2.29. The van der Waals surface area contributed by atoms with E-state index in [0.29, 0.717) is 17.1 Å². The summed E-state index contributed by atoms with van der Waals surface area (Å²) in [6.45, 7) is 0. The van der Waals surface area contributed by atoms with Gasteiger partial charge in [-0.3, -0.25) is 9.48 Å². The first kappa shape index (κ1) is 13.1. The number of rotatable bonds is 5. The molecular formula is C14H16N2O3. The van der Waals surface area contributed by atoms with Crippen molar-refractivity contribution in [3.8, 4) is 11.5 Å². The van der Waals surface area contributed by atoms with Crippen LogP contribution < -0.4 is 9.47 Å². The molecule has 1 aromatic carbocycles. The molecule has 1 heterocycles. The van der Waals surface area contributed by atoms with Crippen molar-refractivity contribution < 1.29 is 14.3 Å². The zero-order valence-electron chi connectivity index (χ0n) is 11.2. The van der Waals surface area contributed by atoms with Crippen molar-refractivity contribution in [3.63, 3.8) is 0 Å². The van der Waals surface area contributed by atoms with Crippen molar-refractivity contribution in [1.82, 2.24) is 9.78 Å². The van der Waals surface area contributed by atoms with Crippen LogP contribution in [0.15, 0.2) is 30.6 Å². The fourth-order valence-electron chi connectivity index (χ4n) is 1.96. The Kier molecular flexibility index (Phi) is 3.85. The van der Waals surface area contributed by atoms with Crippen LogP contribution in [0.2, 0.25) is 0 Å². The number of ketones is 1. The zero-order chi connectivity index (χ0) is 13.8. The SMILES string of the molecule is COc1cccc(OC)c1C(=O)Cc1cnn(C)c1. The number of nitrogens with zero attached hydrogens (tertiary/aromatic N) is 2. The van der Waals surface area contributed by atoms with Gasteiger partial charge in [0.1, 0.15) is 17.1 Å². The number of hydrogen-bond donors (Lipinski definition) is 0. The molecule has 0 atom stereocenters. The van der Waals surface area contributed by atoms with Gasteiger partial charge in [0.15, 0.2) is 5.78 Å². The Bertz CT molecular complexity index is 568. The number of aryl methyl sites for hydroxylation is 1. The molecule has 0 N–H and O–H groups in total. The van der Waals surface area contributed by atoms with E-state index >= 15 is 0 Å². The Labute approximate surface area is 111 Å². The number of carbonyl (C=O) groups is 1. The van der Waals surface area contributed by atoms with Crippen LogP contribution in [0.25, 0.3) is 0 Å². The number of hydrogen-bond acceptors (Lipinski definition) is 4. The van der Waals surface area contributed by atoms with Crippen LogP contribution in [0, 0.1) is 0 Å². The van der Waals surface area contributed by atoms with E-state index in [0.717, 1.165) is 5.56 Å². The Balaban J connectivity index is 2.32. The molecule has 0 amide bonds. The lowest BCUT2D eigenvalue weighted by molar-refractivity contribution is 0.0987. The molecule has 0 saturated heterocycles. The van der Waals surface area contributed by atoms with Gasteiger partial charge in [0, 0.05) is 19.7 Å². The van der Waals surface area contributed by atoms with Crippen LogP contribution in [0.4, 0.5) is 0 Å². The summed E-state index contributed by atoms with van der Waals surface area (Å²) in [5.74, 6) is 0.990. The summed E-state index contributed by atoms with van der Waals surface area (Å²) in [4.78, 5) is 12.4. The summed E-state index contributed by atoms with van der Waals surface area (Å²) in [6.07, 6.45) is 3.77. The van der Waals surface area contributed by atoms with Crippen LogP contribution >= 0.6 is 0 Å². The average Bonchev–Trinajstić information content (AvgIpc) is 2.82. The summed E-state index contributed by atoms with van der Waals surface area (Å²) in [5.41, 5.74) is 1.33. The Morgan fingerprint density at radius 2 is 1.89 bits per heavy atom. The summed E-state index contributed by atoms with van der Waals surface area (Å²) in [6, 6.07) is 5.29. The molecule has 5 heteroatoms. The maximum Gasteiger partial charge on any atom is 0.174 e. The molecule has 2 aromatic rings. The van der Waals surface area contributed by atoms with Gasteiger partial charge in [-0.25, -0.2) is 0 Å². The number of carbonyl (C=O) groups excluding carboxylic acids is 1. The number of methoxy groups -OCH3 is 2. The second-order valence-corrected chi connectivity index (χ2v) is 4.16. The van der Waals surface area contributed by atoms with Crippen molar-refractivity contribution in [2.24, 2.45) is 7.05 Å². The second kappa shape index (κ2) is 5.56. The number of benzene rings is 1. The third kappa shape index (κ3) is 2.76. The first-order chi connectivity index (χ1) is 9.15. The molecule has 0 aliphatic heterocycles. The van der Waals surface area contributed by atoms with Gasteiger partial charge >= 0.3 is 0 Å². The van der Waals surface area contributed by atoms with Gasteiger partial charge in [0.2, 0.25) is 0 Å². The van der Waals surface area contributed by atoms with Crippen LogP contribution in [-0.4, -0.2) is 29.8 Å².